The van der Waals surface area contributed by atoms with E-state index in [1.54, 1.807) is 6.08 Å². The minimum Gasteiger partial charge on any atom is -0.502 e. The van der Waals surface area contributed by atoms with Crippen LogP contribution in [0, 0.1) is 0 Å². The lowest BCUT2D eigenvalue weighted by atomic mass is 9.99. The number of nitrogens with zero attached hydrogens (tertiary/aromatic N) is 2. The van der Waals surface area contributed by atoms with Crippen molar-refractivity contribution in [2.45, 2.75) is 12.8 Å². The fraction of sp³-hybridized carbons (Fsp3) is 0.375. The summed E-state index contributed by atoms with van der Waals surface area (Å²) in [7, 11) is 0. The standard InChI is InChI=1S/C8H11N3O/c9-4-3-6-1-2-8(12)7(5-6)11-10/h1-2,12H,3-5,9H2. The molecule has 0 saturated carbocycles. The molecule has 0 aliphatic heterocycles. The summed E-state index contributed by atoms with van der Waals surface area (Å²) in [6.45, 7) is 0.569. The van der Waals surface area contributed by atoms with E-state index in [2.05, 4.69) is 4.79 Å². The van der Waals surface area contributed by atoms with Gasteiger partial charge in [0.2, 0.25) is 5.76 Å². The third-order valence-corrected chi connectivity index (χ3v) is 1.75. The molecule has 0 fully saturated rings. The smallest absolute Gasteiger partial charge is 0.337 e. The Balaban J connectivity index is 2.79. The first-order valence-electron chi connectivity index (χ1n) is 3.78. The fourth-order valence-electron chi connectivity index (χ4n) is 1.10. The molecule has 0 radical (unpaired) electrons. The molecule has 0 aromatic heterocycles. The molecule has 12 heavy (non-hydrogen) atoms. The van der Waals surface area contributed by atoms with E-state index < -0.39 is 0 Å². The topological polar surface area (TPSA) is 82.7 Å². The average Bonchev–Trinajstić information content (AvgIpc) is 2.09. The minimum absolute atomic E-state index is 0.0262. The molecule has 0 saturated heterocycles. The normalized spacial score (nSPS) is 16.6. The number of aliphatic hydroxyl groups excluding tert-OH is 1. The second kappa shape index (κ2) is 3.85. The maximum atomic E-state index is 9.15. The maximum absolute atomic E-state index is 9.15. The van der Waals surface area contributed by atoms with Gasteiger partial charge < -0.3 is 16.4 Å². The summed E-state index contributed by atoms with van der Waals surface area (Å²) < 4.78 is 0. The first kappa shape index (κ1) is 8.71. The van der Waals surface area contributed by atoms with Crippen LogP contribution in [0.1, 0.15) is 12.8 Å². The molecule has 0 aromatic rings. The Kier molecular flexibility index (Phi) is 2.80. The molecule has 1 aliphatic carbocycles. The quantitative estimate of drug-likeness (QED) is 0.468. The van der Waals surface area contributed by atoms with E-state index in [1.807, 2.05) is 0 Å². The molecule has 1 rings (SSSR count). The minimum atomic E-state index is 0.0262. The molecular weight excluding hydrogens is 154 g/mol. The van der Waals surface area contributed by atoms with Crippen molar-refractivity contribution < 1.29 is 9.90 Å². The Morgan fingerprint density at radius 3 is 2.92 bits per heavy atom. The van der Waals surface area contributed by atoms with Crippen molar-refractivity contribution in [2.24, 2.45) is 5.73 Å². The Bertz CT molecular complexity index is 285. The van der Waals surface area contributed by atoms with E-state index in [9.17, 15) is 0 Å². The van der Waals surface area contributed by atoms with E-state index >= 15 is 0 Å². The Morgan fingerprint density at radius 1 is 1.58 bits per heavy atom. The highest BCUT2D eigenvalue weighted by Gasteiger charge is 2.19. The molecular formula is C8H11N3O. The van der Waals surface area contributed by atoms with Gasteiger partial charge in [0.1, 0.15) is 0 Å². The highest BCUT2D eigenvalue weighted by Crippen LogP contribution is 2.15. The van der Waals surface area contributed by atoms with Crippen LogP contribution in [0.15, 0.2) is 23.5 Å². The lowest BCUT2D eigenvalue weighted by Gasteiger charge is -2.05. The number of aliphatic hydroxyl groups is 1. The summed E-state index contributed by atoms with van der Waals surface area (Å²) in [5, 5.41) is 9.15. The van der Waals surface area contributed by atoms with Crippen LogP contribution in [0.2, 0.25) is 0 Å². The predicted octanol–water partition coefficient (Wildman–Crippen LogP) is 0.778. The monoisotopic (exact) mass is 165 g/mol. The van der Waals surface area contributed by atoms with Crippen molar-refractivity contribution in [1.82, 2.24) is 0 Å². The number of nitrogens with two attached hydrogens (primary N) is 1. The summed E-state index contributed by atoms with van der Waals surface area (Å²) in [4.78, 5) is 2.98. The van der Waals surface area contributed by atoms with E-state index in [0.717, 1.165) is 12.0 Å². The second-order valence-electron chi connectivity index (χ2n) is 2.64. The van der Waals surface area contributed by atoms with Crippen LogP contribution >= 0.6 is 0 Å². The van der Waals surface area contributed by atoms with Gasteiger partial charge in [0.25, 0.3) is 0 Å². The molecule has 0 bridgehead atoms. The Hall–Kier alpha value is -1.38. The van der Waals surface area contributed by atoms with Crippen molar-refractivity contribution in [1.29, 1.82) is 0 Å². The predicted molar refractivity (Wildman–Crippen MR) is 45.7 cm³/mol. The summed E-state index contributed by atoms with van der Waals surface area (Å²) in [6, 6.07) is 0. The van der Waals surface area contributed by atoms with Crippen LogP contribution in [0.4, 0.5) is 0 Å². The number of hydrogen-bond acceptors (Lipinski definition) is 2. The largest absolute Gasteiger partial charge is 0.502 e. The van der Waals surface area contributed by atoms with Crippen molar-refractivity contribution in [3.8, 4) is 0 Å². The number of hydrogen-bond donors (Lipinski definition) is 2. The molecule has 0 aromatic carbocycles. The summed E-state index contributed by atoms with van der Waals surface area (Å²) in [5.41, 5.74) is 15.2. The van der Waals surface area contributed by atoms with Gasteiger partial charge in [0.05, 0.1) is 6.42 Å². The van der Waals surface area contributed by atoms with Gasteiger partial charge in [0, 0.05) is 0 Å². The van der Waals surface area contributed by atoms with E-state index in [4.69, 9.17) is 16.4 Å². The van der Waals surface area contributed by atoms with Crippen molar-refractivity contribution in [2.75, 3.05) is 6.54 Å². The second-order valence-corrected chi connectivity index (χ2v) is 2.64. The molecule has 0 atom stereocenters. The first-order valence-corrected chi connectivity index (χ1v) is 3.78. The van der Waals surface area contributed by atoms with E-state index in [0.29, 0.717) is 18.7 Å². The maximum Gasteiger partial charge on any atom is 0.337 e. The van der Waals surface area contributed by atoms with Gasteiger partial charge >= 0.3 is 5.71 Å². The van der Waals surface area contributed by atoms with Crippen molar-refractivity contribution in [3.63, 3.8) is 0 Å². The van der Waals surface area contributed by atoms with Gasteiger partial charge in [-0.2, -0.15) is 4.79 Å². The highest BCUT2D eigenvalue weighted by atomic mass is 16.3. The van der Waals surface area contributed by atoms with Gasteiger partial charge in [-0.25, -0.2) is 0 Å². The van der Waals surface area contributed by atoms with Gasteiger partial charge in [-0.1, -0.05) is 11.6 Å². The summed E-state index contributed by atoms with van der Waals surface area (Å²) >= 11 is 0. The van der Waals surface area contributed by atoms with Crippen LogP contribution in [-0.2, 0) is 0 Å². The van der Waals surface area contributed by atoms with Crippen LogP contribution in [-0.4, -0.2) is 22.2 Å². The zero-order chi connectivity index (χ0) is 8.97. The molecule has 4 nitrogen and oxygen atoms in total. The molecule has 64 valence electrons. The third-order valence-electron chi connectivity index (χ3n) is 1.75. The average molecular weight is 165 g/mol. The zero-order valence-corrected chi connectivity index (χ0v) is 6.70. The van der Waals surface area contributed by atoms with Crippen LogP contribution in [0.3, 0.4) is 0 Å². The summed E-state index contributed by atoms with van der Waals surface area (Å²) in [6.07, 6.45) is 4.57. The number of rotatable bonds is 2. The first-order chi connectivity index (χ1) is 5.77. The molecule has 0 amide bonds. The zero-order valence-electron chi connectivity index (χ0n) is 6.70. The molecule has 0 unspecified atom stereocenters. The Morgan fingerprint density at radius 2 is 2.33 bits per heavy atom. The van der Waals surface area contributed by atoms with Crippen LogP contribution in [0.25, 0.3) is 5.53 Å². The third kappa shape index (κ3) is 1.81. The summed E-state index contributed by atoms with van der Waals surface area (Å²) in [5.74, 6) is 0.0262. The van der Waals surface area contributed by atoms with Crippen molar-refractivity contribution in [3.05, 3.63) is 29.0 Å². The van der Waals surface area contributed by atoms with Gasteiger partial charge in [-0.05, 0) is 19.0 Å². The van der Waals surface area contributed by atoms with E-state index in [-0.39, 0.29) is 5.76 Å². The van der Waals surface area contributed by atoms with Gasteiger partial charge in [-0.15, -0.1) is 0 Å². The van der Waals surface area contributed by atoms with Crippen molar-refractivity contribution >= 4 is 5.71 Å². The van der Waals surface area contributed by atoms with Crippen LogP contribution in [0.5, 0.6) is 0 Å². The van der Waals surface area contributed by atoms with Gasteiger partial charge in [-0.3, -0.25) is 0 Å². The molecule has 3 N–H and O–H groups in total. The van der Waals surface area contributed by atoms with Crippen LogP contribution < -0.4 is 5.73 Å². The molecule has 0 heterocycles. The van der Waals surface area contributed by atoms with Gasteiger partial charge in [0.15, 0.2) is 0 Å². The lowest BCUT2D eigenvalue weighted by molar-refractivity contribution is -0.0101. The lowest BCUT2D eigenvalue weighted by Crippen LogP contribution is -2.11. The molecule has 1 aliphatic rings. The SMILES string of the molecule is [N-]=[N+]=C1CC(CCN)=CC=C1O. The fourth-order valence-corrected chi connectivity index (χ4v) is 1.10. The highest BCUT2D eigenvalue weighted by molar-refractivity contribution is 5.96. The number of allylic oxidation sites excluding steroid dienone is 3. The molecule has 0 spiro atoms. The molecule has 4 heteroatoms. The Labute approximate surface area is 70.6 Å². The van der Waals surface area contributed by atoms with E-state index in [1.165, 1.54) is 6.08 Å².